The van der Waals surface area contributed by atoms with Gasteiger partial charge in [0, 0.05) is 10.2 Å². The van der Waals surface area contributed by atoms with Gasteiger partial charge in [-0.3, -0.25) is 4.79 Å². The summed E-state index contributed by atoms with van der Waals surface area (Å²) in [6.07, 6.45) is 0. The fraction of sp³-hybridized carbons (Fsp3) is 0.133. The van der Waals surface area contributed by atoms with Crippen molar-refractivity contribution < 1.29 is 13.9 Å². The summed E-state index contributed by atoms with van der Waals surface area (Å²) in [6, 6.07) is 9.55. The summed E-state index contributed by atoms with van der Waals surface area (Å²) >= 11 is 3.15. The van der Waals surface area contributed by atoms with Crippen LogP contribution >= 0.6 is 15.9 Å². The van der Waals surface area contributed by atoms with Crippen molar-refractivity contribution in [2.45, 2.75) is 6.92 Å². The monoisotopic (exact) mass is 337 g/mol. The summed E-state index contributed by atoms with van der Waals surface area (Å²) in [7, 11) is 1.58. The minimum atomic E-state index is -0.567. The Morgan fingerprint density at radius 2 is 2.00 bits per heavy atom. The van der Waals surface area contributed by atoms with E-state index < -0.39 is 11.7 Å². The molecule has 0 unspecified atom stereocenters. The van der Waals surface area contributed by atoms with E-state index in [9.17, 15) is 9.18 Å². The first-order chi connectivity index (χ1) is 9.51. The van der Waals surface area contributed by atoms with Crippen LogP contribution in [0.15, 0.2) is 40.9 Å². The average molecular weight is 338 g/mol. The van der Waals surface area contributed by atoms with E-state index in [1.54, 1.807) is 31.4 Å². The number of ether oxygens (including phenoxy) is 1. The lowest BCUT2D eigenvalue weighted by Crippen LogP contribution is -2.13. The van der Waals surface area contributed by atoms with Crippen molar-refractivity contribution in [2.75, 3.05) is 12.4 Å². The first kappa shape index (κ1) is 14.5. The molecular formula is C15H13BrFNO2. The largest absolute Gasteiger partial charge is 0.496 e. The highest BCUT2D eigenvalue weighted by atomic mass is 79.9. The van der Waals surface area contributed by atoms with Gasteiger partial charge in [0.15, 0.2) is 0 Å². The van der Waals surface area contributed by atoms with Gasteiger partial charge in [-0.2, -0.15) is 0 Å². The van der Waals surface area contributed by atoms with Crippen LogP contribution in [-0.2, 0) is 0 Å². The molecule has 0 radical (unpaired) electrons. The molecule has 0 atom stereocenters. The molecule has 2 aromatic rings. The minimum Gasteiger partial charge on any atom is -0.496 e. The normalized spacial score (nSPS) is 10.2. The number of halogens is 2. The van der Waals surface area contributed by atoms with Gasteiger partial charge in [-0.15, -0.1) is 0 Å². The molecule has 0 heterocycles. The maximum absolute atomic E-state index is 13.7. The Hall–Kier alpha value is -1.88. The van der Waals surface area contributed by atoms with Gasteiger partial charge in [-0.1, -0.05) is 15.9 Å². The zero-order valence-electron chi connectivity index (χ0n) is 11.0. The molecular weight excluding hydrogens is 325 g/mol. The number of aryl methyl sites for hydroxylation is 1. The number of carbonyl (C=O) groups is 1. The van der Waals surface area contributed by atoms with Gasteiger partial charge >= 0.3 is 0 Å². The standard InChI is InChI=1S/C15H13BrFNO2/c1-9-7-11(4-6-14(9)20-2)18-15(19)12-5-3-10(16)8-13(12)17/h3-8H,1-2H3,(H,18,19). The second-order valence-corrected chi connectivity index (χ2v) is 5.18. The molecule has 5 heteroatoms. The Balaban J connectivity index is 2.21. The third kappa shape index (κ3) is 3.17. The Bertz CT molecular complexity index is 658. The fourth-order valence-electron chi connectivity index (χ4n) is 1.83. The van der Waals surface area contributed by atoms with Crippen LogP contribution in [0.2, 0.25) is 0 Å². The SMILES string of the molecule is COc1ccc(NC(=O)c2ccc(Br)cc2F)cc1C. The first-order valence-electron chi connectivity index (χ1n) is 5.92. The highest BCUT2D eigenvalue weighted by molar-refractivity contribution is 9.10. The third-order valence-electron chi connectivity index (χ3n) is 2.83. The van der Waals surface area contributed by atoms with E-state index in [-0.39, 0.29) is 5.56 Å². The number of benzene rings is 2. The minimum absolute atomic E-state index is 0.00155. The molecule has 0 saturated carbocycles. The van der Waals surface area contributed by atoms with E-state index in [1.165, 1.54) is 12.1 Å². The van der Waals surface area contributed by atoms with Crippen LogP contribution in [0.25, 0.3) is 0 Å². The number of amides is 1. The maximum atomic E-state index is 13.7. The molecule has 2 aromatic carbocycles. The van der Waals surface area contributed by atoms with Crippen molar-refractivity contribution in [3.05, 3.63) is 57.8 Å². The Kier molecular flexibility index (Phi) is 4.39. The van der Waals surface area contributed by atoms with E-state index in [0.29, 0.717) is 10.2 Å². The van der Waals surface area contributed by atoms with Gasteiger partial charge in [0.05, 0.1) is 12.7 Å². The van der Waals surface area contributed by atoms with Crippen molar-refractivity contribution in [3.8, 4) is 5.75 Å². The van der Waals surface area contributed by atoms with Crippen molar-refractivity contribution in [3.63, 3.8) is 0 Å². The lowest BCUT2D eigenvalue weighted by Gasteiger charge is -2.09. The van der Waals surface area contributed by atoms with E-state index >= 15 is 0 Å². The Morgan fingerprint density at radius 1 is 1.25 bits per heavy atom. The molecule has 0 saturated heterocycles. The van der Waals surface area contributed by atoms with Gasteiger partial charge in [-0.05, 0) is 48.9 Å². The molecule has 3 nitrogen and oxygen atoms in total. The van der Waals surface area contributed by atoms with Crippen LogP contribution in [0.4, 0.5) is 10.1 Å². The number of nitrogens with one attached hydrogen (secondary N) is 1. The lowest BCUT2D eigenvalue weighted by molar-refractivity contribution is 0.102. The van der Waals surface area contributed by atoms with Crippen molar-refractivity contribution >= 4 is 27.5 Å². The van der Waals surface area contributed by atoms with Crippen LogP contribution < -0.4 is 10.1 Å². The zero-order valence-corrected chi connectivity index (χ0v) is 12.6. The maximum Gasteiger partial charge on any atom is 0.258 e. The van der Waals surface area contributed by atoms with Crippen LogP contribution in [0.3, 0.4) is 0 Å². The Labute approximate surface area is 124 Å². The van der Waals surface area contributed by atoms with Crippen LogP contribution in [0, 0.1) is 12.7 Å². The molecule has 0 aliphatic heterocycles. The first-order valence-corrected chi connectivity index (χ1v) is 6.71. The predicted molar refractivity (Wildman–Crippen MR) is 79.8 cm³/mol. The van der Waals surface area contributed by atoms with Crippen molar-refractivity contribution in [2.24, 2.45) is 0 Å². The molecule has 0 aromatic heterocycles. The molecule has 0 spiro atoms. The van der Waals surface area contributed by atoms with Gasteiger partial charge in [0.25, 0.3) is 5.91 Å². The average Bonchev–Trinajstić information content (AvgIpc) is 2.38. The zero-order chi connectivity index (χ0) is 14.7. The van der Waals surface area contributed by atoms with Crippen molar-refractivity contribution in [1.29, 1.82) is 0 Å². The molecule has 104 valence electrons. The second-order valence-electron chi connectivity index (χ2n) is 4.26. The summed E-state index contributed by atoms with van der Waals surface area (Å²) < 4.78 is 19.4. The molecule has 1 amide bonds. The summed E-state index contributed by atoms with van der Waals surface area (Å²) in [5, 5.41) is 2.66. The number of hydrogen-bond donors (Lipinski definition) is 1. The summed E-state index contributed by atoms with van der Waals surface area (Å²) in [5.74, 6) is -0.320. The Morgan fingerprint density at radius 3 is 2.60 bits per heavy atom. The molecule has 1 N–H and O–H groups in total. The highest BCUT2D eigenvalue weighted by Crippen LogP contribution is 2.22. The van der Waals surface area contributed by atoms with Crippen LogP contribution in [0.1, 0.15) is 15.9 Å². The summed E-state index contributed by atoms with van der Waals surface area (Å²) in [4.78, 5) is 12.0. The molecule has 0 aliphatic carbocycles. The van der Waals surface area contributed by atoms with E-state index in [0.717, 1.165) is 11.3 Å². The van der Waals surface area contributed by atoms with Crippen LogP contribution in [0.5, 0.6) is 5.75 Å². The van der Waals surface area contributed by atoms with Crippen LogP contribution in [-0.4, -0.2) is 13.0 Å². The lowest BCUT2D eigenvalue weighted by atomic mass is 10.1. The molecule has 0 aliphatic rings. The smallest absolute Gasteiger partial charge is 0.258 e. The predicted octanol–water partition coefficient (Wildman–Crippen LogP) is 4.16. The summed E-state index contributed by atoms with van der Waals surface area (Å²) in [5.41, 5.74) is 1.49. The molecule has 0 fully saturated rings. The number of methoxy groups -OCH3 is 1. The topological polar surface area (TPSA) is 38.3 Å². The fourth-order valence-corrected chi connectivity index (χ4v) is 2.16. The van der Waals surface area contributed by atoms with E-state index in [1.807, 2.05) is 6.92 Å². The van der Waals surface area contributed by atoms with Gasteiger partial charge in [0.1, 0.15) is 11.6 Å². The number of anilines is 1. The number of rotatable bonds is 3. The van der Waals surface area contributed by atoms with E-state index in [2.05, 4.69) is 21.2 Å². The summed E-state index contributed by atoms with van der Waals surface area (Å²) in [6.45, 7) is 1.87. The number of carbonyl (C=O) groups excluding carboxylic acids is 1. The quantitative estimate of drug-likeness (QED) is 0.913. The molecule has 0 bridgehead atoms. The van der Waals surface area contributed by atoms with Crippen molar-refractivity contribution in [1.82, 2.24) is 0 Å². The van der Waals surface area contributed by atoms with Gasteiger partial charge < -0.3 is 10.1 Å². The van der Waals surface area contributed by atoms with Gasteiger partial charge in [-0.25, -0.2) is 4.39 Å². The van der Waals surface area contributed by atoms with Gasteiger partial charge in [0.2, 0.25) is 0 Å². The van der Waals surface area contributed by atoms with E-state index in [4.69, 9.17) is 4.74 Å². The molecule has 2 rings (SSSR count). The number of hydrogen-bond acceptors (Lipinski definition) is 2. The third-order valence-corrected chi connectivity index (χ3v) is 3.32. The molecule has 20 heavy (non-hydrogen) atoms. The second kappa shape index (κ2) is 6.05. The highest BCUT2D eigenvalue weighted by Gasteiger charge is 2.12.